The lowest BCUT2D eigenvalue weighted by molar-refractivity contribution is 0.0944. The highest BCUT2D eigenvalue weighted by atomic mass is 19.3. The van der Waals surface area contributed by atoms with Gasteiger partial charge in [0.2, 0.25) is 0 Å². The Bertz CT molecular complexity index is 921. The molecular formula is C17H15F2N5O. The summed E-state index contributed by atoms with van der Waals surface area (Å²) in [6.45, 7) is 0.232. The zero-order chi connectivity index (χ0) is 17.4. The molecule has 1 fully saturated rings. The lowest BCUT2D eigenvalue weighted by Crippen LogP contribution is -2.23. The third-order valence-electron chi connectivity index (χ3n) is 4.08. The Hall–Kier alpha value is -2.90. The minimum Gasteiger partial charge on any atom is -0.345 e. The molecule has 1 N–H and O–H groups in total. The van der Waals surface area contributed by atoms with Gasteiger partial charge in [-0.3, -0.25) is 9.78 Å². The van der Waals surface area contributed by atoms with Gasteiger partial charge in [0.25, 0.3) is 12.3 Å². The lowest BCUT2D eigenvalue weighted by Gasteiger charge is -2.06. The Morgan fingerprint density at radius 1 is 1.32 bits per heavy atom. The first kappa shape index (κ1) is 15.6. The van der Waals surface area contributed by atoms with Gasteiger partial charge in [0.15, 0.2) is 11.3 Å². The van der Waals surface area contributed by atoms with Crippen molar-refractivity contribution in [1.29, 1.82) is 0 Å². The van der Waals surface area contributed by atoms with Gasteiger partial charge in [-0.15, -0.1) is 0 Å². The molecule has 1 aliphatic carbocycles. The highest BCUT2D eigenvalue weighted by Gasteiger charge is 2.28. The molecule has 0 aromatic carbocycles. The van der Waals surface area contributed by atoms with Gasteiger partial charge in [-0.25, -0.2) is 18.3 Å². The van der Waals surface area contributed by atoms with Crippen LogP contribution in [-0.4, -0.2) is 25.5 Å². The number of rotatable bonds is 5. The summed E-state index contributed by atoms with van der Waals surface area (Å²) < 4.78 is 27.7. The maximum atomic E-state index is 13.3. The quantitative estimate of drug-likeness (QED) is 0.773. The zero-order valence-corrected chi connectivity index (χ0v) is 13.2. The Kier molecular flexibility index (Phi) is 3.87. The van der Waals surface area contributed by atoms with E-state index in [-0.39, 0.29) is 29.5 Å². The second-order valence-corrected chi connectivity index (χ2v) is 5.98. The smallest absolute Gasteiger partial charge is 0.280 e. The monoisotopic (exact) mass is 343 g/mol. The van der Waals surface area contributed by atoms with Crippen LogP contribution in [0.2, 0.25) is 0 Å². The number of hydrogen-bond acceptors (Lipinski definition) is 4. The molecule has 0 unspecified atom stereocenters. The fraction of sp³-hybridized carbons (Fsp3) is 0.294. The van der Waals surface area contributed by atoms with Crippen LogP contribution in [0.25, 0.3) is 5.65 Å². The van der Waals surface area contributed by atoms with E-state index in [1.165, 1.54) is 12.1 Å². The fourth-order valence-electron chi connectivity index (χ4n) is 2.64. The van der Waals surface area contributed by atoms with Gasteiger partial charge in [-0.05, 0) is 31.0 Å². The number of halogens is 2. The maximum Gasteiger partial charge on any atom is 0.280 e. The number of carbonyl (C=O) groups is 1. The number of carbonyl (C=O) groups excluding carboxylic acids is 1. The summed E-state index contributed by atoms with van der Waals surface area (Å²) >= 11 is 0. The van der Waals surface area contributed by atoms with Crippen molar-refractivity contribution in [3.05, 3.63) is 59.3 Å². The summed E-state index contributed by atoms with van der Waals surface area (Å²) in [7, 11) is 0. The average molecular weight is 343 g/mol. The van der Waals surface area contributed by atoms with E-state index in [0.717, 1.165) is 17.4 Å². The van der Waals surface area contributed by atoms with E-state index in [9.17, 15) is 13.6 Å². The van der Waals surface area contributed by atoms with Crippen LogP contribution in [0.4, 0.5) is 8.78 Å². The Balaban J connectivity index is 1.61. The van der Waals surface area contributed by atoms with Crippen molar-refractivity contribution in [2.45, 2.75) is 31.7 Å². The summed E-state index contributed by atoms with van der Waals surface area (Å²) in [5.41, 5.74) is 1.42. The van der Waals surface area contributed by atoms with Gasteiger partial charge < -0.3 is 5.32 Å². The van der Waals surface area contributed by atoms with Crippen molar-refractivity contribution in [3.63, 3.8) is 0 Å². The van der Waals surface area contributed by atoms with E-state index in [1.807, 2.05) is 6.07 Å². The molecule has 0 atom stereocenters. The molecular weight excluding hydrogens is 328 g/mol. The minimum absolute atomic E-state index is 0.0540. The first-order valence-corrected chi connectivity index (χ1v) is 7.98. The standard InChI is InChI=1S/C17H15F2N5O/c18-16(19)14-7-12(10-4-5-10)22-15-8-13(23-24(14)15)17(25)21-9-11-3-1-2-6-20-11/h1-3,6-8,10,16H,4-5,9H2,(H,21,25). The number of alkyl halides is 2. The third kappa shape index (κ3) is 3.19. The molecule has 4 rings (SSSR count). The van der Waals surface area contributed by atoms with E-state index < -0.39 is 12.3 Å². The second-order valence-electron chi connectivity index (χ2n) is 5.98. The van der Waals surface area contributed by atoms with Gasteiger partial charge in [0, 0.05) is 23.9 Å². The molecule has 25 heavy (non-hydrogen) atoms. The van der Waals surface area contributed by atoms with Crippen molar-refractivity contribution in [3.8, 4) is 0 Å². The Morgan fingerprint density at radius 3 is 2.84 bits per heavy atom. The van der Waals surface area contributed by atoms with Gasteiger partial charge in [-0.2, -0.15) is 5.10 Å². The van der Waals surface area contributed by atoms with Crippen molar-refractivity contribution in [2.24, 2.45) is 0 Å². The highest BCUT2D eigenvalue weighted by molar-refractivity contribution is 5.93. The van der Waals surface area contributed by atoms with Crippen LogP contribution in [0.15, 0.2) is 36.5 Å². The number of fused-ring (bicyclic) bond motifs is 1. The fourth-order valence-corrected chi connectivity index (χ4v) is 2.64. The van der Waals surface area contributed by atoms with Crippen molar-refractivity contribution < 1.29 is 13.6 Å². The van der Waals surface area contributed by atoms with E-state index in [1.54, 1.807) is 18.3 Å². The molecule has 6 nitrogen and oxygen atoms in total. The number of hydrogen-bond donors (Lipinski definition) is 1. The summed E-state index contributed by atoms with van der Waals surface area (Å²) in [6, 6.07) is 8.20. The normalized spacial score (nSPS) is 14.2. The minimum atomic E-state index is -2.69. The van der Waals surface area contributed by atoms with Crippen LogP contribution in [0, 0.1) is 0 Å². The predicted molar refractivity (Wildman–Crippen MR) is 85.3 cm³/mol. The molecule has 0 aliphatic heterocycles. The molecule has 0 spiro atoms. The van der Waals surface area contributed by atoms with E-state index in [4.69, 9.17) is 0 Å². The molecule has 8 heteroatoms. The number of aromatic nitrogens is 4. The van der Waals surface area contributed by atoms with Crippen LogP contribution in [0.1, 0.15) is 52.8 Å². The van der Waals surface area contributed by atoms with Gasteiger partial charge >= 0.3 is 0 Å². The van der Waals surface area contributed by atoms with Crippen LogP contribution >= 0.6 is 0 Å². The van der Waals surface area contributed by atoms with Gasteiger partial charge in [0.05, 0.1) is 12.2 Å². The number of nitrogens with one attached hydrogen (secondary N) is 1. The molecule has 0 saturated heterocycles. The lowest BCUT2D eigenvalue weighted by atomic mass is 10.2. The molecule has 128 valence electrons. The summed E-state index contributed by atoms with van der Waals surface area (Å²) in [5, 5.41) is 6.69. The van der Waals surface area contributed by atoms with Crippen LogP contribution < -0.4 is 5.32 Å². The Morgan fingerprint density at radius 2 is 2.16 bits per heavy atom. The molecule has 1 amide bonds. The zero-order valence-electron chi connectivity index (χ0n) is 13.2. The van der Waals surface area contributed by atoms with E-state index in [2.05, 4.69) is 20.4 Å². The number of pyridine rings is 1. The van der Waals surface area contributed by atoms with Crippen molar-refractivity contribution in [1.82, 2.24) is 24.9 Å². The Labute approximate surface area is 141 Å². The van der Waals surface area contributed by atoms with Crippen molar-refractivity contribution >= 4 is 11.6 Å². The second kappa shape index (κ2) is 6.19. The first-order valence-electron chi connectivity index (χ1n) is 7.98. The number of nitrogens with zero attached hydrogens (tertiary/aromatic N) is 4. The van der Waals surface area contributed by atoms with Gasteiger partial charge in [-0.1, -0.05) is 6.07 Å². The van der Waals surface area contributed by atoms with E-state index in [0.29, 0.717) is 11.4 Å². The SMILES string of the molecule is O=C(NCc1ccccn1)c1cc2nc(C3CC3)cc(C(F)F)n2n1. The van der Waals surface area contributed by atoms with Gasteiger partial charge in [0.1, 0.15) is 5.69 Å². The largest absolute Gasteiger partial charge is 0.345 e. The number of amides is 1. The molecule has 1 saturated carbocycles. The molecule has 1 aliphatic rings. The molecule has 3 aromatic heterocycles. The van der Waals surface area contributed by atoms with Crippen LogP contribution in [0.5, 0.6) is 0 Å². The van der Waals surface area contributed by atoms with Crippen molar-refractivity contribution in [2.75, 3.05) is 0 Å². The summed E-state index contributed by atoms with van der Waals surface area (Å²) in [6.07, 6.45) is 0.853. The maximum absolute atomic E-state index is 13.3. The average Bonchev–Trinajstić information content (AvgIpc) is 3.38. The van der Waals surface area contributed by atoms with Crippen LogP contribution in [0.3, 0.4) is 0 Å². The molecule has 3 heterocycles. The van der Waals surface area contributed by atoms with Crippen LogP contribution in [-0.2, 0) is 6.54 Å². The first-order chi connectivity index (χ1) is 12.1. The highest BCUT2D eigenvalue weighted by Crippen LogP contribution is 2.40. The summed E-state index contributed by atoms with van der Waals surface area (Å²) in [4.78, 5) is 20.8. The molecule has 0 bridgehead atoms. The third-order valence-corrected chi connectivity index (χ3v) is 4.08. The topological polar surface area (TPSA) is 72.2 Å². The predicted octanol–water partition coefficient (Wildman–Crippen LogP) is 2.87. The molecule has 3 aromatic rings. The van der Waals surface area contributed by atoms with E-state index >= 15 is 0 Å². The summed E-state index contributed by atoms with van der Waals surface area (Å²) in [5.74, 6) is -0.219. The molecule has 0 radical (unpaired) electrons.